The highest BCUT2D eigenvalue weighted by molar-refractivity contribution is 7.10. The van der Waals surface area contributed by atoms with Crippen LogP contribution in [0.4, 0.5) is 5.69 Å². The van der Waals surface area contributed by atoms with Crippen LogP contribution in [-0.4, -0.2) is 22.2 Å². The molecule has 3 aromatic rings. The molecule has 0 spiro atoms. The summed E-state index contributed by atoms with van der Waals surface area (Å²) in [4.78, 5) is 28.0. The quantitative estimate of drug-likeness (QED) is 0.723. The van der Waals surface area contributed by atoms with Crippen LogP contribution in [0, 0.1) is 0 Å². The van der Waals surface area contributed by atoms with Gasteiger partial charge in [0.05, 0.1) is 17.9 Å². The Morgan fingerprint density at radius 2 is 2.07 bits per heavy atom. The Bertz CT molecular complexity index is 1030. The second-order valence-corrected chi connectivity index (χ2v) is 7.93. The van der Waals surface area contributed by atoms with Crippen molar-refractivity contribution in [1.82, 2.24) is 15.1 Å². The fourth-order valence-electron chi connectivity index (χ4n) is 3.46. The highest BCUT2D eigenvalue weighted by Gasteiger charge is 2.18. The van der Waals surface area contributed by atoms with Gasteiger partial charge in [0.15, 0.2) is 0 Å². The predicted octanol–water partition coefficient (Wildman–Crippen LogP) is 2.74. The van der Waals surface area contributed by atoms with E-state index in [1.54, 1.807) is 23.6 Å². The minimum absolute atomic E-state index is 0.0857. The predicted molar refractivity (Wildman–Crippen MR) is 111 cm³/mol. The molecular weight excluding hydrogens is 372 g/mol. The number of amides is 1. The van der Waals surface area contributed by atoms with Gasteiger partial charge in [-0.3, -0.25) is 9.59 Å². The van der Waals surface area contributed by atoms with Gasteiger partial charge in [0.2, 0.25) is 5.91 Å². The lowest BCUT2D eigenvalue weighted by molar-refractivity contribution is -0.122. The van der Waals surface area contributed by atoms with Crippen LogP contribution in [0.1, 0.15) is 29.0 Å². The summed E-state index contributed by atoms with van der Waals surface area (Å²) in [5.41, 5.74) is 3.16. The summed E-state index contributed by atoms with van der Waals surface area (Å²) < 4.78 is 1.21. The van der Waals surface area contributed by atoms with Crippen LogP contribution in [0.5, 0.6) is 0 Å². The van der Waals surface area contributed by atoms with Gasteiger partial charge >= 0.3 is 0 Å². The molecule has 1 aliphatic rings. The fraction of sp³-hybridized carbons (Fsp3) is 0.286. The molecular formula is C21H22N4O2S. The molecule has 0 aliphatic carbocycles. The van der Waals surface area contributed by atoms with Gasteiger partial charge in [-0.15, -0.1) is 11.3 Å². The molecule has 1 N–H and O–H groups in total. The summed E-state index contributed by atoms with van der Waals surface area (Å²) in [6, 6.07) is 13.8. The SMILES string of the molecule is CC(NC(=O)Cn1ncc(N2CCc3ccccc3C2)cc1=O)c1cccs1. The molecule has 0 saturated carbocycles. The van der Waals surface area contributed by atoms with E-state index in [2.05, 4.69) is 33.5 Å². The molecule has 1 amide bonds. The van der Waals surface area contributed by atoms with Gasteiger partial charge in [0, 0.05) is 24.0 Å². The van der Waals surface area contributed by atoms with Crippen molar-refractivity contribution in [1.29, 1.82) is 0 Å². The third-order valence-electron chi connectivity index (χ3n) is 4.99. The molecule has 1 atom stereocenters. The number of carbonyl (C=O) groups excluding carboxylic acids is 1. The molecule has 0 radical (unpaired) electrons. The van der Waals surface area contributed by atoms with Crippen molar-refractivity contribution in [3.05, 3.63) is 80.4 Å². The van der Waals surface area contributed by atoms with E-state index in [0.717, 1.165) is 30.1 Å². The number of thiophene rings is 1. The molecule has 2 aromatic heterocycles. The van der Waals surface area contributed by atoms with Crippen molar-refractivity contribution in [2.75, 3.05) is 11.4 Å². The summed E-state index contributed by atoms with van der Waals surface area (Å²) in [7, 11) is 0. The van der Waals surface area contributed by atoms with Gasteiger partial charge in [-0.05, 0) is 35.9 Å². The Hall–Kier alpha value is -2.93. The number of hydrogen-bond acceptors (Lipinski definition) is 5. The standard InChI is InChI=1S/C21H22N4O2S/c1-15(19-7-4-10-28-19)23-20(26)14-25-21(27)11-18(12-22-25)24-9-8-16-5-2-3-6-17(16)13-24/h2-7,10-12,15H,8-9,13-14H2,1H3,(H,23,26). The van der Waals surface area contributed by atoms with E-state index in [0.29, 0.717) is 0 Å². The summed E-state index contributed by atoms with van der Waals surface area (Å²) in [6.07, 6.45) is 2.62. The lowest BCUT2D eigenvalue weighted by Gasteiger charge is -2.30. The molecule has 4 rings (SSSR count). The largest absolute Gasteiger partial charge is 0.365 e. The lowest BCUT2D eigenvalue weighted by Crippen LogP contribution is -2.36. The van der Waals surface area contributed by atoms with Crippen LogP contribution in [0.25, 0.3) is 0 Å². The summed E-state index contributed by atoms with van der Waals surface area (Å²) in [5.74, 6) is -0.227. The van der Waals surface area contributed by atoms with Gasteiger partial charge in [0.25, 0.3) is 5.56 Å². The van der Waals surface area contributed by atoms with Crippen LogP contribution in [0.2, 0.25) is 0 Å². The minimum Gasteiger partial charge on any atom is -0.365 e. The highest BCUT2D eigenvalue weighted by atomic mass is 32.1. The maximum Gasteiger partial charge on any atom is 0.269 e. The Kier molecular flexibility index (Phi) is 5.25. The molecule has 6 nitrogen and oxygen atoms in total. The van der Waals surface area contributed by atoms with E-state index in [1.165, 1.54) is 15.8 Å². The second-order valence-electron chi connectivity index (χ2n) is 6.95. The number of benzene rings is 1. The van der Waals surface area contributed by atoms with E-state index >= 15 is 0 Å². The first kappa shape index (κ1) is 18.4. The number of nitrogens with zero attached hydrogens (tertiary/aromatic N) is 3. The van der Waals surface area contributed by atoms with Crippen LogP contribution in [0.3, 0.4) is 0 Å². The van der Waals surface area contributed by atoms with Crippen LogP contribution in [0.15, 0.2) is 58.8 Å². The van der Waals surface area contributed by atoms with Gasteiger partial charge in [-0.2, -0.15) is 5.10 Å². The van der Waals surface area contributed by atoms with Gasteiger partial charge in [-0.1, -0.05) is 30.3 Å². The smallest absolute Gasteiger partial charge is 0.269 e. The van der Waals surface area contributed by atoms with Crippen molar-refractivity contribution in [2.24, 2.45) is 0 Å². The maximum absolute atomic E-state index is 12.5. The Morgan fingerprint density at radius 3 is 2.82 bits per heavy atom. The summed E-state index contributed by atoms with van der Waals surface area (Å²) in [6.45, 7) is 3.45. The van der Waals surface area contributed by atoms with Crippen molar-refractivity contribution >= 4 is 22.9 Å². The summed E-state index contributed by atoms with van der Waals surface area (Å²) >= 11 is 1.59. The molecule has 28 heavy (non-hydrogen) atoms. The Morgan fingerprint density at radius 1 is 1.25 bits per heavy atom. The van der Waals surface area contributed by atoms with E-state index in [4.69, 9.17) is 0 Å². The lowest BCUT2D eigenvalue weighted by atomic mass is 10.00. The zero-order chi connectivity index (χ0) is 19.5. The van der Waals surface area contributed by atoms with E-state index in [1.807, 2.05) is 30.5 Å². The molecule has 3 heterocycles. The normalized spacial score (nSPS) is 14.4. The third kappa shape index (κ3) is 3.99. The number of aromatic nitrogens is 2. The zero-order valence-corrected chi connectivity index (χ0v) is 16.5. The first-order chi connectivity index (χ1) is 13.6. The first-order valence-corrected chi connectivity index (χ1v) is 10.2. The second kappa shape index (κ2) is 7.98. The topological polar surface area (TPSA) is 67.2 Å². The number of rotatable bonds is 5. The van der Waals surface area contributed by atoms with Crippen molar-refractivity contribution in [3.8, 4) is 0 Å². The van der Waals surface area contributed by atoms with Crippen LogP contribution >= 0.6 is 11.3 Å². The van der Waals surface area contributed by atoms with E-state index in [9.17, 15) is 9.59 Å². The zero-order valence-electron chi connectivity index (χ0n) is 15.7. The molecule has 0 saturated heterocycles. The number of hydrogen-bond donors (Lipinski definition) is 1. The van der Waals surface area contributed by atoms with Crippen molar-refractivity contribution < 1.29 is 4.79 Å². The van der Waals surface area contributed by atoms with Gasteiger partial charge < -0.3 is 10.2 Å². The van der Waals surface area contributed by atoms with Gasteiger partial charge in [0.1, 0.15) is 6.54 Å². The van der Waals surface area contributed by atoms with Crippen molar-refractivity contribution in [3.63, 3.8) is 0 Å². The third-order valence-corrected chi connectivity index (χ3v) is 6.05. The average molecular weight is 395 g/mol. The molecule has 1 unspecified atom stereocenters. The van der Waals surface area contributed by atoms with Gasteiger partial charge in [-0.25, -0.2) is 4.68 Å². The molecule has 0 bridgehead atoms. The van der Waals surface area contributed by atoms with Crippen LogP contribution < -0.4 is 15.8 Å². The van der Waals surface area contributed by atoms with E-state index < -0.39 is 0 Å². The number of fused-ring (bicyclic) bond motifs is 1. The van der Waals surface area contributed by atoms with Crippen molar-refractivity contribution in [2.45, 2.75) is 32.5 Å². The number of nitrogens with one attached hydrogen (secondary N) is 1. The first-order valence-electron chi connectivity index (χ1n) is 9.32. The molecule has 1 aromatic carbocycles. The Balaban J connectivity index is 1.42. The number of carbonyl (C=O) groups is 1. The van der Waals surface area contributed by atoms with E-state index in [-0.39, 0.29) is 24.1 Å². The molecule has 7 heteroatoms. The average Bonchev–Trinajstić information content (AvgIpc) is 3.24. The molecule has 1 aliphatic heterocycles. The Labute approximate surface area is 167 Å². The highest BCUT2D eigenvalue weighted by Crippen LogP contribution is 2.23. The fourth-order valence-corrected chi connectivity index (χ4v) is 4.20. The summed E-state index contributed by atoms with van der Waals surface area (Å²) in [5, 5.41) is 9.11. The maximum atomic E-state index is 12.5. The monoisotopic (exact) mass is 394 g/mol. The van der Waals surface area contributed by atoms with Crippen LogP contribution in [-0.2, 0) is 24.3 Å². The minimum atomic E-state index is -0.268. The number of anilines is 1. The molecule has 144 valence electrons. The molecule has 0 fully saturated rings.